The first-order valence-electron chi connectivity index (χ1n) is 8.85. The molecule has 8 nitrogen and oxygen atoms in total. The van der Waals surface area contributed by atoms with E-state index in [1.807, 2.05) is 39.8 Å². The van der Waals surface area contributed by atoms with E-state index in [1.165, 1.54) is 0 Å². The van der Waals surface area contributed by atoms with Crippen LogP contribution in [-0.4, -0.2) is 31.2 Å². The molecule has 0 radical (unpaired) electrons. The molecular formula is C19H20ClN5O3. The Morgan fingerprint density at radius 1 is 1.25 bits per heavy atom. The van der Waals surface area contributed by atoms with E-state index in [-0.39, 0.29) is 17.5 Å². The van der Waals surface area contributed by atoms with Crippen LogP contribution in [0.3, 0.4) is 0 Å². The van der Waals surface area contributed by atoms with Crippen LogP contribution in [0, 0.1) is 0 Å². The van der Waals surface area contributed by atoms with Gasteiger partial charge in [0.2, 0.25) is 5.82 Å². The van der Waals surface area contributed by atoms with Crippen LogP contribution in [0.15, 0.2) is 33.8 Å². The summed E-state index contributed by atoms with van der Waals surface area (Å²) in [5, 5.41) is 4.50. The fourth-order valence-electron chi connectivity index (χ4n) is 3.19. The molecule has 4 aromatic rings. The van der Waals surface area contributed by atoms with Crippen molar-refractivity contribution in [2.75, 3.05) is 7.11 Å². The molecule has 0 fully saturated rings. The van der Waals surface area contributed by atoms with Crippen LogP contribution in [-0.2, 0) is 10.3 Å². The molecule has 0 bridgehead atoms. The number of halogens is 1. The Bertz CT molecular complexity index is 1250. The maximum absolute atomic E-state index is 13.4. The topological polar surface area (TPSA) is 87.5 Å². The lowest BCUT2D eigenvalue weighted by Crippen LogP contribution is -2.25. The van der Waals surface area contributed by atoms with Crippen molar-refractivity contribution < 1.29 is 9.26 Å². The highest BCUT2D eigenvalue weighted by Gasteiger charge is 2.29. The Kier molecular flexibility index (Phi) is 4.28. The molecule has 9 heteroatoms. The highest BCUT2D eigenvalue weighted by atomic mass is 35.5. The van der Waals surface area contributed by atoms with Gasteiger partial charge >= 0.3 is 0 Å². The Morgan fingerprint density at radius 2 is 2.00 bits per heavy atom. The van der Waals surface area contributed by atoms with Gasteiger partial charge in [-0.15, -0.1) is 0 Å². The minimum Gasteiger partial charge on any atom is -0.371 e. The second-order valence-electron chi connectivity index (χ2n) is 7.33. The predicted octanol–water partition coefficient (Wildman–Crippen LogP) is 3.82. The minimum absolute atomic E-state index is 0.103. The molecule has 0 aliphatic carbocycles. The van der Waals surface area contributed by atoms with E-state index in [0.717, 1.165) is 5.52 Å². The molecule has 1 aromatic carbocycles. The third kappa shape index (κ3) is 2.63. The van der Waals surface area contributed by atoms with E-state index >= 15 is 0 Å². The van der Waals surface area contributed by atoms with Gasteiger partial charge in [0.25, 0.3) is 11.4 Å². The van der Waals surface area contributed by atoms with Gasteiger partial charge in [-0.25, -0.2) is 4.98 Å². The molecule has 0 N–H and O–H groups in total. The SMILES string of the molecule is COC(C)(C)c1noc(-c2ncn3c2c(=O)n(C(C)C)c2c(Cl)cccc23)n1. The van der Waals surface area contributed by atoms with Crippen molar-refractivity contribution in [1.29, 1.82) is 0 Å². The molecule has 0 saturated carbocycles. The molecule has 3 aromatic heterocycles. The highest BCUT2D eigenvalue weighted by Crippen LogP contribution is 2.29. The van der Waals surface area contributed by atoms with Gasteiger partial charge in [0, 0.05) is 13.2 Å². The summed E-state index contributed by atoms with van der Waals surface area (Å²) in [7, 11) is 1.57. The van der Waals surface area contributed by atoms with Gasteiger partial charge in [0.15, 0.2) is 5.69 Å². The van der Waals surface area contributed by atoms with Crippen LogP contribution in [0.1, 0.15) is 39.6 Å². The van der Waals surface area contributed by atoms with Crippen LogP contribution >= 0.6 is 11.6 Å². The summed E-state index contributed by atoms with van der Waals surface area (Å²) < 4.78 is 14.2. The van der Waals surface area contributed by atoms with Crippen LogP contribution in [0.5, 0.6) is 0 Å². The molecule has 28 heavy (non-hydrogen) atoms. The van der Waals surface area contributed by atoms with Crippen LogP contribution < -0.4 is 5.56 Å². The maximum atomic E-state index is 13.4. The number of para-hydroxylation sites is 1. The number of hydrogen-bond acceptors (Lipinski definition) is 6. The summed E-state index contributed by atoms with van der Waals surface area (Å²) in [4.78, 5) is 22.2. The highest BCUT2D eigenvalue weighted by molar-refractivity contribution is 6.35. The van der Waals surface area contributed by atoms with Crippen molar-refractivity contribution in [2.45, 2.75) is 39.3 Å². The third-order valence-electron chi connectivity index (χ3n) is 4.85. The molecule has 0 aliphatic heterocycles. The fourth-order valence-corrected chi connectivity index (χ4v) is 3.45. The Labute approximate surface area is 165 Å². The van der Waals surface area contributed by atoms with Gasteiger partial charge in [-0.2, -0.15) is 4.98 Å². The van der Waals surface area contributed by atoms with Crippen LogP contribution in [0.25, 0.3) is 28.1 Å². The largest absolute Gasteiger partial charge is 0.371 e. The number of nitrogens with zero attached hydrogens (tertiary/aromatic N) is 5. The lowest BCUT2D eigenvalue weighted by molar-refractivity contribution is 0.00973. The van der Waals surface area contributed by atoms with Gasteiger partial charge in [-0.1, -0.05) is 22.8 Å². The van der Waals surface area contributed by atoms with Crippen molar-refractivity contribution in [3.8, 4) is 11.6 Å². The van der Waals surface area contributed by atoms with Gasteiger partial charge in [-0.05, 0) is 39.8 Å². The summed E-state index contributed by atoms with van der Waals surface area (Å²) in [5.41, 5.74) is 1.16. The van der Waals surface area contributed by atoms with Gasteiger partial charge in [0.05, 0.1) is 16.1 Å². The number of benzene rings is 1. The number of imidazole rings is 1. The summed E-state index contributed by atoms with van der Waals surface area (Å²) in [6.45, 7) is 7.52. The van der Waals surface area contributed by atoms with Crippen LogP contribution in [0.4, 0.5) is 0 Å². The fraction of sp³-hybridized carbons (Fsp3) is 0.368. The van der Waals surface area contributed by atoms with Gasteiger partial charge in [0.1, 0.15) is 17.4 Å². The van der Waals surface area contributed by atoms with Crippen molar-refractivity contribution in [1.82, 2.24) is 24.1 Å². The van der Waals surface area contributed by atoms with Crippen molar-refractivity contribution >= 4 is 28.2 Å². The molecule has 0 amide bonds. The van der Waals surface area contributed by atoms with Crippen molar-refractivity contribution in [2.24, 2.45) is 0 Å². The van der Waals surface area contributed by atoms with E-state index in [0.29, 0.717) is 27.6 Å². The second-order valence-corrected chi connectivity index (χ2v) is 7.73. The van der Waals surface area contributed by atoms with Crippen molar-refractivity contribution in [3.63, 3.8) is 0 Å². The zero-order chi connectivity index (χ0) is 20.2. The van der Waals surface area contributed by atoms with Crippen molar-refractivity contribution in [3.05, 3.63) is 45.7 Å². The first-order valence-corrected chi connectivity index (χ1v) is 9.23. The zero-order valence-electron chi connectivity index (χ0n) is 16.2. The summed E-state index contributed by atoms with van der Waals surface area (Å²) in [6.07, 6.45) is 1.57. The Morgan fingerprint density at radius 3 is 2.68 bits per heavy atom. The molecule has 0 spiro atoms. The Balaban J connectivity index is 2.06. The zero-order valence-corrected chi connectivity index (χ0v) is 17.0. The average Bonchev–Trinajstić information content (AvgIpc) is 3.30. The lowest BCUT2D eigenvalue weighted by Gasteiger charge is -2.17. The summed E-state index contributed by atoms with van der Waals surface area (Å²) in [5.74, 6) is 0.538. The summed E-state index contributed by atoms with van der Waals surface area (Å²) in [6, 6.07) is 5.40. The number of aromatic nitrogens is 5. The van der Waals surface area contributed by atoms with Gasteiger partial charge < -0.3 is 13.8 Å². The Hall–Kier alpha value is -2.71. The molecule has 4 rings (SSSR count). The second kappa shape index (κ2) is 6.42. The maximum Gasteiger partial charge on any atom is 0.279 e. The monoisotopic (exact) mass is 401 g/mol. The molecule has 3 heterocycles. The number of fused-ring (bicyclic) bond motifs is 3. The first kappa shape index (κ1) is 18.6. The standard InChI is InChI=1S/C19H20ClN5O3/c1-10(2)25-14-11(20)7-6-8-12(14)24-9-21-13(15(24)17(25)26)16-22-18(23-28-16)19(3,4)27-5/h6-10H,1-5H3. The molecule has 0 unspecified atom stereocenters. The van der Waals surface area contributed by atoms with E-state index in [2.05, 4.69) is 15.1 Å². The first-order chi connectivity index (χ1) is 13.3. The van der Waals surface area contributed by atoms with E-state index in [1.54, 1.807) is 28.5 Å². The van der Waals surface area contributed by atoms with E-state index < -0.39 is 5.60 Å². The number of ether oxygens (including phenoxy) is 1. The number of methoxy groups -OCH3 is 1. The van der Waals surface area contributed by atoms with E-state index in [9.17, 15) is 4.79 Å². The summed E-state index contributed by atoms with van der Waals surface area (Å²) >= 11 is 6.42. The normalized spacial score (nSPS) is 12.5. The van der Waals surface area contributed by atoms with Gasteiger partial charge in [-0.3, -0.25) is 9.20 Å². The molecular weight excluding hydrogens is 382 g/mol. The molecule has 0 saturated heterocycles. The number of rotatable bonds is 4. The predicted molar refractivity (Wildman–Crippen MR) is 106 cm³/mol. The smallest absolute Gasteiger partial charge is 0.279 e. The minimum atomic E-state index is -0.727. The molecule has 0 atom stereocenters. The van der Waals surface area contributed by atoms with Crippen LogP contribution in [0.2, 0.25) is 5.02 Å². The third-order valence-corrected chi connectivity index (χ3v) is 5.15. The number of hydrogen-bond donors (Lipinski definition) is 0. The lowest BCUT2D eigenvalue weighted by atomic mass is 10.1. The van der Waals surface area contributed by atoms with E-state index in [4.69, 9.17) is 20.9 Å². The molecule has 0 aliphatic rings. The quantitative estimate of drug-likeness (QED) is 0.516. The molecule has 146 valence electrons. The average molecular weight is 402 g/mol.